The number of aromatic hydroxyl groups is 1. The lowest BCUT2D eigenvalue weighted by Gasteiger charge is -2.36. The second-order valence-electron chi connectivity index (χ2n) is 5.06. The summed E-state index contributed by atoms with van der Waals surface area (Å²) in [5.74, 6) is -0.421. The molecule has 0 atom stereocenters. The number of phenolic OH excluding ortho intramolecular Hbond substituents is 1. The summed E-state index contributed by atoms with van der Waals surface area (Å²) in [6, 6.07) is 2.06. The molecule has 0 radical (unpaired) electrons. The Hall–Kier alpha value is -0.750. The largest absolute Gasteiger partial charge is 0.507 e. The highest BCUT2D eigenvalue weighted by atomic mass is 79.9. The van der Waals surface area contributed by atoms with Crippen LogP contribution < -0.4 is 5.73 Å². The number of rotatable bonds is 1. The Balaban J connectivity index is 2.57. The fraction of sp³-hybridized carbons (Fsp3) is 0.538. The van der Waals surface area contributed by atoms with Crippen LogP contribution in [0.2, 0.25) is 0 Å². The third-order valence-electron chi connectivity index (χ3n) is 3.67. The molecule has 0 spiro atoms. The van der Waals surface area contributed by atoms with E-state index in [0.29, 0.717) is 12.8 Å². The summed E-state index contributed by atoms with van der Waals surface area (Å²) < 4.78 is 39.6. The van der Waals surface area contributed by atoms with Crippen molar-refractivity contribution >= 4 is 15.9 Å². The Morgan fingerprint density at radius 2 is 1.74 bits per heavy atom. The highest BCUT2D eigenvalue weighted by Crippen LogP contribution is 2.45. The number of alkyl halides is 3. The fourth-order valence-electron chi connectivity index (χ4n) is 2.66. The Labute approximate surface area is 117 Å². The van der Waals surface area contributed by atoms with Gasteiger partial charge >= 0.3 is 6.18 Å². The van der Waals surface area contributed by atoms with E-state index in [-0.39, 0.29) is 10.0 Å². The van der Waals surface area contributed by atoms with Crippen LogP contribution in [0, 0.1) is 0 Å². The predicted molar refractivity (Wildman–Crippen MR) is 69.8 cm³/mol. The number of benzene rings is 1. The Bertz CT molecular complexity index is 482. The van der Waals surface area contributed by atoms with Crippen LogP contribution >= 0.6 is 15.9 Å². The van der Waals surface area contributed by atoms with Crippen LogP contribution in [0.25, 0.3) is 0 Å². The van der Waals surface area contributed by atoms with E-state index < -0.39 is 23.0 Å². The third kappa shape index (κ3) is 2.89. The van der Waals surface area contributed by atoms with Crippen molar-refractivity contribution in [2.75, 3.05) is 0 Å². The van der Waals surface area contributed by atoms with Gasteiger partial charge in [-0.25, -0.2) is 0 Å². The van der Waals surface area contributed by atoms with Gasteiger partial charge in [-0.05, 0) is 46.5 Å². The van der Waals surface area contributed by atoms with Gasteiger partial charge in [0.05, 0.1) is 10.0 Å². The molecular weight excluding hydrogens is 323 g/mol. The van der Waals surface area contributed by atoms with Gasteiger partial charge < -0.3 is 10.8 Å². The molecule has 6 heteroatoms. The first-order chi connectivity index (χ1) is 8.74. The molecule has 0 unspecified atom stereocenters. The summed E-state index contributed by atoms with van der Waals surface area (Å²) in [5, 5.41) is 9.48. The Kier molecular flexibility index (Phi) is 3.84. The van der Waals surface area contributed by atoms with Gasteiger partial charge in [0, 0.05) is 5.54 Å². The molecule has 3 N–H and O–H groups in total. The topological polar surface area (TPSA) is 46.2 Å². The SMILES string of the molecule is NC1(c2cc(Br)c(O)cc2C(F)(F)F)CCCCC1. The third-order valence-corrected chi connectivity index (χ3v) is 4.31. The molecule has 1 saturated carbocycles. The molecule has 106 valence electrons. The molecule has 0 aliphatic heterocycles. The van der Waals surface area contributed by atoms with Gasteiger partial charge in [-0.1, -0.05) is 19.3 Å². The molecular formula is C13H15BrF3NO. The van der Waals surface area contributed by atoms with Crippen molar-refractivity contribution < 1.29 is 18.3 Å². The molecule has 1 aromatic carbocycles. The molecule has 1 aromatic rings. The van der Waals surface area contributed by atoms with Crippen LogP contribution in [0.5, 0.6) is 5.75 Å². The summed E-state index contributed by atoms with van der Waals surface area (Å²) in [5.41, 5.74) is 4.47. The van der Waals surface area contributed by atoms with Crippen LogP contribution in [0.1, 0.15) is 43.2 Å². The minimum Gasteiger partial charge on any atom is -0.507 e. The molecule has 0 heterocycles. The Morgan fingerprint density at radius 3 is 2.26 bits per heavy atom. The van der Waals surface area contributed by atoms with Crippen molar-refractivity contribution in [3.63, 3.8) is 0 Å². The molecule has 0 bridgehead atoms. The molecule has 2 rings (SSSR count). The lowest BCUT2D eigenvalue weighted by atomic mass is 9.75. The van der Waals surface area contributed by atoms with Crippen LogP contribution in [0.3, 0.4) is 0 Å². The van der Waals surface area contributed by atoms with Gasteiger partial charge in [0.15, 0.2) is 0 Å². The van der Waals surface area contributed by atoms with Gasteiger partial charge in [-0.15, -0.1) is 0 Å². The number of halogens is 4. The smallest absolute Gasteiger partial charge is 0.416 e. The number of hydrogen-bond acceptors (Lipinski definition) is 2. The van der Waals surface area contributed by atoms with Gasteiger partial charge in [0.2, 0.25) is 0 Å². The molecule has 19 heavy (non-hydrogen) atoms. The van der Waals surface area contributed by atoms with E-state index in [2.05, 4.69) is 15.9 Å². The second-order valence-corrected chi connectivity index (χ2v) is 5.92. The summed E-state index contributed by atoms with van der Waals surface area (Å²) >= 11 is 3.06. The molecule has 0 amide bonds. The monoisotopic (exact) mass is 337 g/mol. The van der Waals surface area contributed by atoms with E-state index in [1.54, 1.807) is 0 Å². The van der Waals surface area contributed by atoms with Crippen molar-refractivity contribution in [1.82, 2.24) is 0 Å². The fourth-order valence-corrected chi connectivity index (χ4v) is 3.00. The lowest BCUT2D eigenvalue weighted by molar-refractivity contribution is -0.139. The number of nitrogens with two attached hydrogens (primary N) is 1. The molecule has 0 saturated heterocycles. The van der Waals surface area contributed by atoms with Crippen molar-refractivity contribution in [2.45, 2.75) is 43.8 Å². The number of phenols is 1. The molecule has 0 aromatic heterocycles. The molecule has 1 aliphatic rings. The molecule has 1 fully saturated rings. The standard InChI is InChI=1S/C13H15BrF3NO/c14-10-6-8(12(18)4-2-1-3-5-12)9(7-11(10)19)13(15,16)17/h6-7,19H,1-5,18H2. The summed E-state index contributed by atoms with van der Waals surface area (Å²) in [6.45, 7) is 0. The second kappa shape index (κ2) is 4.98. The number of hydrogen-bond donors (Lipinski definition) is 2. The van der Waals surface area contributed by atoms with Gasteiger partial charge in [-0.3, -0.25) is 0 Å². The van der Waals surface area contributed by atoms with Crippen molar-refractivity contribution in [2.24, 2.45) is 5.73 Å². The van der Waals surface area contributed by atoms with E-state index in [9.17, 15) is 18.3 Å². The van der Waals surface area contributed by atoms with E-state index in [0.717, 1.165) is 25.3 Å². The zero-order valence-electron chi connectivity index (χ0n) is 10.2. The van der Waals surface area contributed by atoms with Gasteiger partial charge in [0.1, 0.15) is 5.75 Å². The van der Waals surface area contributed by atoms with Gasteiger partial charge in [0.25, 0.3) is 0 Å². The van der Waals surface area contributed by atoms with E-state index in [4.69, 9.17) is 5.73 Å². The zero-order chi connectivity index (χ0) is 14.3. The van der Waals surface area contributed by atoms with E-state index in [1.165, 1.54) is 6.07 Å². The van der Waals surface area contributed by atoms with Crippen LogP contribution in [-0.4, -0.2) is 5.11 Å². The minimum atomic E-state index is -4.52. The van der Waals surface area contributed by atoms with E-state index >= 15 is 0 Å². The van der Waals surface area contributed by atoms with Gasteiger partial charge in [-0.2, -0.15) is 13.2 Å². The van der Waals surface area contributed by atoms with Crippen LogP contribution in [0.15, 0.2) is 16.6 Å². The lowest BCUT2D eigenvalue weighted by Crippen LogP contribution is -2.40. The first-order valence-electron chi connectivity index (χ1n) is 6.13. The maximum atomic E-state index is 13.1. The minimum absolute atomic E-state index is 0.0735. The zero-order valence-corrected chi connectivity index (χ0v) is 11.8. The van der Waals surface area contributed by atoms with Crippen molar-refractivity contribution in [3.05, 3.63) is 27.7 Å². The summed E-state index contributed by atoms with van der Waals surface area (Å²) in [7, 11) is 0. The summed E-state index contributed by atoms with van der Waals surface area (Å²) in [4.78, 5) is 0. The summed E-state index contributed by atoms with van der Waals surface area (Å²) in [6.07, 6.45) is -0.796. The normalized spacial score (nSPS) is 19.4. The average molecular weight is 338 g/mol. The predicted octanol–water partition coefficient (Wildman–Crippen LogP) is 4.29. The highest BCUT2D eigenvalue weighted by Gasteiger charge is 2.41. The Morgan fingerprint density at radius 1 is 1.16 bits per heavy atom. The van der Waals surface area contributed by atoms with Crippen molar-refractivity contribution in [3.8, 4) is 5.75 Å². The van der Waals surface area contributed by atoms with Crippen LogP contribution in [0.4, 0.5) is 13.2 Å². The first-order valence-corrected chi connectivity index (χ1v) is 6.92. The maximum absolute atomic E-state index is 13.1. The maximum Gasteiger partial charge on any atom is 0.416 e. The molecule has 1 aliphatic carbocycles. The highest BCUT2D eigenvalue weighted by molar-refractivity contribution is 9.10. The first kappa shape index (κ1) is 14.7. The molecule has 2 nitrogen and oxygen atoms in total. The van der Waals surface area contributed by atoms with E-state index in [1.807, 2.05) is 0 Å². The van der Waals surface area contributed by atoms with Crippen LogP contribution in [-0.2, 0) is 11.7 Å². The van der Waals surface area contributed by atoms with Crippen molar-refractivity contribution in [1.29, 1.82) is 0 Å². The average Bonchev–Trinajstić information content (AvgIpc) is 2.31. The quantitative estimate of drug-likeness (QED) is 0.802.